The second-order valence-electron chi connectivity index (χ2n) is 7.27. The number of aromatic nitrogens is 1. The molecular formula is C25H26FN3O2. The van der Waals surface area contributed by atoms with Gasteiger partial charge in [-0.1, -0.05) is 18.2 Å². The highest BCUT2D eigenvalue weighted by atomic mass is 19.1. The first-order valence-electron chi connectivity index (χ1n) is 10.1. The van der Waals surface area contributed by atoms with Crippen LogP contribution >= 0.6 is 0 Å². The second kappa shape index (κ2) is 10.9. The van der Waals surface area contributed by atoms with E-state index in [4.69, 9.17) is 4.74 Å². The lowest BCUT2D eigenvalue weighted by Gasteiger charge is -2.12. The topological polar surface area (TPSA) is 54.5 Å². The van der Waals surface area contributed by atoms with Crippen molar-refractivity contribution in [1.82, 2.24) is 10.3 Å². The van der Waals surface area contributed by atoms with Crippen molar-refractivity contribution >= 4 is 17.7 Å². The van der Waals surface area contributed by atoms with E-state index in [1.807, 2.05) is 14.1 Å². The van der Waals surface area contributed by atoms with Gasteiger partial charge in [-0.3, -0.25) is 9.78 Å². The number of nitrogens with one attached hydrogen (secondary N) is 1. The number of carbonyl (C=O) groups is 1. The van der Waals surface area contributed by atoms with E-state index in [0.717, 1.165) is 18.5 Å². The third-order valence-electron chi connectivity index (χ3n) is 4.64. The van der Waals surface area contributed by atoms with Crippen molar-refractivity contribution in [2.45, 2.75) is 12.8 Å². The Morgan fingerprint density at radius 3 is 2.65 bits per heavy atom. The Morgan fingerprint density at radius 2 is 1.97 bits per heavy atom. The van der Waals surface area contributed by atoms with Gasteiger partial charge in [0.25, 0.3) is 0 Å². The predicted octanol–water partition coefficient (Wildman–Crippen LogP) is 4.84. The zero-order chi connectivity index (χ0) is 22.1. The molecule has 2 aromatic carbocycles. The van der Waals surface area contributed by atoms with Crippen molar-refractivity contribution in [1.29, 1.82) is 0 Å². The van der Waals surface area contributed by atoms with Crippen molar-refractivity contribution in [3.05, 3.63) is 90.0 Å². The van der Waals surface area contributed by atoms with Gasteiger partial charge in [0.2, 0.25) is 5.91 Å². The summed E-state index contributed by atoms with van der Waals surface area (Å²) < 4.78 is 19.7. The number of anilines is 1. The fraction of sp³-hybridized carbons (Fsp3) is 0.200. The van der Waals surface area contributed by atoms with E-state index in [-0.39, 0.29) is 11.7 Å². The number of hydrogen-bond donors (Lipinski definition) is 1. The van der Waals surface area contributed by atoms with Crippen LogP contribution in [0.5, 0.6) is 11.5 Å². The minimum Gasteiger partial charge on any atom is -0.453 e. The molecule has 0 bridgehead atoms. The molecular weight excluding hydrogens is 393 g/mol. The zero-order valence-corrected chi connectivity index (χ0v) is 17.7. The molecule has 6 heteroatoms. The van der Waals surface area contributed by atoms with Crippen molar-refractivity contribution in [2.75, 3.05) is 25.5 Å². The minimum atomic E-state index is -0.508. The van der Waals surface area contributed by atoms with Crippen molar-refractivity contribution in [3.8, 4) is 11.5 Å². The Bertz CT molecular complexity index is 1020. The van der Waals surface area contributed by atoms with Gasteiger partial charge < -0.3 is 15.0 Å². The van der Waals surface area contributed by atoms with Gasteiger partial charge in [-0.05, 0) is 66.4 Å². The minimum absolute atomic E-state index is 0.105. The van der Waals surface area contributed by atoms with Crippen LogP contribution in [0.3, 0.4) is 0 Å². The Hall–Kier alpha value is -3.67. The molecule has 5 nitrogen and oxygen atoms in total. The lowest BCUT2D eigenvalue weighted by atomic mass is 10.1. The van der Waals surface area contributed by atoms with Gasteiger partial charge in [-0.15, -0.1) is 0 Å². The number of halogens is 1. The molecule has 0 spiro atoms. The lowest BCUT2D eigenvalue weighted by Crippen LogP contribution is -2.22. The van der Waals surface area contributed by atoms with E-state index in [0.29, 0.717) is 17.9 Å². The van der Waals surface area contributed by atoms with Crippen LogP contribution in [0.25, 0.3) is 6.08 Å². The van der Waals surface area contributed by atoms with Crippen molar-refractivity contribution < 1.29 is 13.9 Å². The summed E-state index contributed by atoms with van der Waals surface area (Å²) >= 11 is 0. The number of ether oxygens (including phenoxy) is 1. The van der Waals surface area contributed by atoms with E-state index in [1.165, 1.54) is 30.0 Å². The Balaban J connectivity index is 1.43. The van der Waals surface area contributed by atoms with Crippen molar-refractivity contribution in [2.24, 2.45) is 0 Å². The van der Waals surface area contributed by atoms with E-state index in [2.05, 4.69) is 39.5 Å². The molecule has 1 aromatic heterocycles. The van der Waals surface area contributed by atoms with Gasteiger partial charge in [0.1, 0.15) is 5.75 Å². The van der Waals surface area contributed by atoms with Crippen LogP contribution in [0.2, 0.25) is 0 Å². The van der Waals surface area contributed by atoms with E-state index in [1.54, 1.807) is 30.5 Å². The number of rotatable bonds is 9. The molecule has 1 heterocycles. The molecule has 0 fully saturated rings. The summed E-state index contributed by atoms with van der Waals surface area (Å²) in [4.78, 5) is 18.0. The normalized spacial score (nSPS) is 10.8. The summed E-state index contributed by atoms with van der Waals surface area (Å²) in [6.45, 7) is 0.574. The predicted molar refractivity (Wildman–Crippen MR) is 122 cm³/mol. The molecule has 0 aliphatic carbocycles. The number of nitrogens with zero attached hydrogens (tertiary/aromatic N) is 2. The van der Waals surface area contributed by atoms with Crippen molar-refractivity contribution in [3.63, 3.8) is 0 Å². The molecule has 160 valence electrons. The molecule has 0 atom stereocenters. The van der Waals surface area contributed by atoms with E-state index in [9.17, 15) is 9.18 Å². The maximum Gasteiger partial charge on any atom is 0.243 e. The molecule has 0 aliphatic rings. The molecule has 3 aromatic rings. The number of pyridine rings is 1. The maximum atomic E-state index is 14.3. The molecule has 0 saturated heterocycles. The Kier molecular flexibility index (Phi) is 7.76. The van der Waals surface area contributed by atoms with Crippen LogP contribution in [-0.4, -0.2) is 31.5 Å². The SMILES string of the molecule is CN(C)c1ccc(CCCNC(=O)/C=C/c2ccc(Oc3cccnc3)c(F)c2)cc1. The van der Waals surface area contributed by atoms with Crippen LogP contribution in [0.4, 0.5) is 10.1 Å². The molecule has 1 N–H and O–H groups in total. The quantitative estimate of drug-likeness (QED) is 0.398. The summed E-state index contributed by atoms with van der Waals surface area (Å²) in [6.07, 6.45) is 7.84. The summed E-state index contributed by atoms with van der Waals surface area (Å²) in [5.74, 6) is -0.156. The molecule has 0 saturated carbocycles. The fourth-order valence-electron chi connectivity index (χ4n) is 2.93. The molecule has 1 amide bonds. The summed E-state index contributed by atoms with van der Waals surface area (Å²) in [5.41, 5.74) is 2.97. The zero-order valence-electron chi connectivity index (χ0n) is 17.7. The van der Waals surface area contributed by atoms with E-state index < -0.39 is 5.82 Å². The van der Waals surface area contributed by atoms with Crippen LogP contribution < -0.4 is 15.0 Å². The second-order valence-corrected chi connectivity index (χ2v) is 7.27. The smallest absolute Gasteiger partial charge is 0.243 e. The summed E-state index contributed by atoms with van der Waals surface area (Å²) in [5, 5.41) is 2.85. The first kappa shape index (κ1) is 22.0. The van der Waals surface area contributed by atoms with Gasteiger partial charge in [0.05, 0.1) is 6.20 Å². The largest absolute Gasteiger partial charge is 0.453 e. The number of amides is 1. The third-order valence-corrected chi connectivity index (χ3v) is 4.64. The Labute approximate surface area is 182 Å². The highest BCUT2D eigenvalue weighted by molar-refractivity contribution is 5.91. The monoisotopic (exact) mass is 419 g/mol. The van der Waals surface area contributed by atoms with Gasteiger partial charge >= 0.3 is 0 Å². The van der Waals surface area contributed by atoms with Gasteiger partial charge in [0.15, 0.2) is 11.6 Å². The molecule has 0 radical (unpaired) electrons. The highest BCUT2D eigenvalue weighted by Gasteiger charge is 2.06. The first-order chi connectivity index (χ1) is 15.0. The van der Waals surface area contributed by atoms with Crippen LogP contribution in [0.15, 0.2) is 73.1 Å². The molecule has 31 heavy (non-hydrogen) atoms. The number of carbonyl (C=O) groups excluding carboxylic acids is 1. The molecule has 3 rings (SSSR count). The molecule has 0 aliphatic heterocycles. The van der Waals surface area contributed by atoms with Gasteiger partial charge in [-0.2, -0.15) is 0 Å². The maximum absolute atomic E-state index is 14.3. The van der Waals surface area contributed by atoms with Gasteiger partial charge in [0, 0.05) is 38.6 Å². The Morgan fingerprint density at radius 1 is 1.16 bits per heavy atom. The number of aryl methyl sites for hydroxylation is 1. The lowest BCUT2D eigenvalue weighted by molar-refractivity contribution is -0.116. The average molecular weight is 420 g/mol. The average Bonchev–Trinajstić information content (AvgIpc) is 2.78. The number of benzene rings is 2. The fourth-order valence-corrected chi connectivity index (χ4v) is 2.93. The van der Waals surface area contributed by atoms with Gasteiger partial charge in [-0.25, -0.2) is 4.39 Å². The molecule has 0 unspecified atom stereocenters. The first-order valence-corrected chi connectivity index (χ1v) is 10.1. The third kappa shape index (κ3) is 6.96. The number of hydrogen-bond acceptors (Lipinski definition) is 4. The summed E-state index contributed by atoms with van der Waals surface area (Å²) in [6, 6.07) is 16.3. The summed E-state index contributed by atoms with van der Waals surface area (Å²) in [7, 11) is 4.02. The van der Waals surface area contributed by atoms with Crippen LogP contribution in [-0.2, 0) is 11.2 Å². The highest BCUT2D eigenvalue weighted by Crippen LogP contribution is 2.24. The van der Waals surface area contributed by atoms with Crippen LogP contribution in [0, 0.1) is 5.82 Å². The van der Waals surface area contributed by atoms with Crippen LogP contribution in [0.1, 0.15) is 17.5 Å². The van der Waals surface area contributed by atoms with E-state index >= 15 is 0 Å². The standard InChI is InChI=1S/C25H26FN3O2/c1-29(2)21-11-7-19(8-12-21)5-3-16-28-25(30)14-10-20-9-13-24(23(26)17-20)31-22-6-4-15-27-18-22/h4,6-15,17-18H,3,5,16H2,1-2H3,(H,28,30)/b14-10+.